The second kappa shape index (κ2) is 8.95. The molecule has 112 valence electrons. The lowest BCUT2D eigenvalue weighted by Crippen LogP contribution is -2.46. The van der Waals surface area contributed by atoms with E-state index in [9.17, 15) is 9.59 Å². The molecule has 0 saturated carbocycles. The Morgan fingerprint density at radius 1 is 1.40 bits per heavy atom. The summed E-state index contributed by atoms with van der Waals surface area (Å²) in [6, 6.07) is 0.584. The van der Waals surface area contributed by atoms with E-state index >= 15 is 0 Å². The SMILES string of the molecule is CCCC[C@H](NC(=O)NCCCn1cccn1)C(=O)O. The summed E-state index contributed by atoms with van der Waals surface area (Å²) in [6.45, 7) is 3.17. The van der Waals surface area contributed by atoms with Gasteiger partial charge in [-0.1, -0.05) is 19.8 Å². The van der Waals surface area contributed by atoms with Crippen molar-refractivity contribution in [2.45, 2.75) is 45.2 Å². The Balaban J connectivity index is 2.18. The van der Waals surface area contributed by atoms with Gasteiger partial charge in [-0.05, 0) is 18.9 Å². The molecule has 0 saturated heterocycles. The molecule has 3 N–H and O–H groups in total. The second-order valence-corrected chi connectivity index (χ2v) is 4.56. The number of carbonyl (C=O) groups excluding carboxylic acids is 1. The van der Waals surface area contributed by atoms with Crippen molar-refractivity contribution in [3.05, 3.63) is 18.5 Å². The lowest BCUT2D eigenvalue weighted by molar-refractivity contribution is -0.139. The highest BCUT2D eigenvalue weighted by molar-refractivity contribution is 5.82. The van der Waals surface area contributed by atoms with Crippen molar-refractivity contribution in [3.63, 3.8) is 0 Å². The number of urea groups is 1. The third-order valence-electron chi connectivity index (χ3n) is 2.86. The number of amides is 2. The first kappa shape index (κ1) is 16.0. The Morgan fingerprint density at radius 3 is 2.80 bits per heavy atom. The molecule has 0 aromatic carbocycles. The summed E-state index contributed by atoms with van der Waals surface area (Å²) in [5.74, 6) is -0.995. The number of aliphatic carboxylic acids is 1. The fourth-order valence-corrected chi connectivity index (χ4v) is 1.75. The van der Waals surface area contributed by atoms with E-state index in [1.807, 2.05) is 19.2 Å². The maximum Gasteiger partial charge on any atom is 0.326 e. The first-order valence-electron chi connectivity index (χ1n) is 6.88. The van der Waals surface area contributed by atoms with Crippen molar-refractivity contribution in [1.29, 1.82) is 0 Å². The molecule has 20 heavy (non-hydrogen) atoms. The number of nitrogens with zero attached hydrogens (tertiary/aromatic N) is 2. The highest BCUT2D eigenvalue weighted by Crippen LogP contribution is 2.00. The molecular formula is C13H22N4O3. The van der Waals surface area contributed by atoms with Gasteiger partial charge >= 0.3 is 12.0 Å². The summed E-state index contributed by atoms with van der Waals surface area (Å²) >= 11 is 0. The summed E-state index contributed by atoms with van der Waals surface area (Å²) in [5.41, 5.74) is 0. The van der Waals surface area contributed by atoms with Crippen LogP contribution in [0.1, 0.15) is 32.6 Å². The van der Waals surface area contributed by atoms with E-state index in [4.69, 9.17) is 5.11 Å². The van der Waals surface area contributed by atoms with Crippen LogP contribution in [0.2, 0.25) is 0 Å². The van der Waals surface area contributed by atoms with E-state index in [1.165, 1.54) is 0 Å². The van der Waals surface area contributed by atoms with Gasteiger partial charge in [0, 0.05) is 25.5 Å². The van der Waals surface area contributed by atoms with Crippen LogP contribution in [0.4, 0.5) is 4.79 Å². The number of unbranched alkanes of at least 4 members (excludes halogenated alkanes) is 1. The summed E-state index contributed by atoms with van der Waals surface area (Å²) in [6.07, 6.45) is 6.42. The third kappa shape index (κ3) is 6.21. The molecule has 0 aliphatic carbocycles. The first-order valence-corrected chi connectivity index (χ1v) is 6.88. The predicted octanol–water partition coefficient (Wildman–Crippen LogP) is 1.22. The second-order valence-electron chi connectivity index (χ2n) is 4.56. The summed E-state index contributed by atoms with van der Waals surface area (Å²) in [7, 11) is 0. The molecule has 2 amide bonds. The van der Waals surface area contributed by atoms with Gasteiger partial charge in [0.05, 0.1) is 0 Å². The van der Waals surface area contributed by atoms with Gasteiger partial charge in [-0.3, -0.25) is 4.68 Å². The maximum absolute atomic E-state index is 11.6. The van der Waals surface area contributed by atoms with Gasteiger partial charge in [-0.25, -0.2) is 9.59 Å². The topological polar surface area (TPSA) is 96.3 Å². The highest BCUT2D eigenvalue weighted by Gasteiger charge is 2.18. The zero-order chi connectivity index (χ0) is 14.8. The molecule has 0 radical (unpaired) electrons. The van der Waals surface area contributed by atoms with Crippen LogP contribution in [-0.2, 0) is 11.3 Å². The van der Waals surface area contributed by atoms with Crippen molar-refractivity contribution < 1.29 is 14.7 Å². The fraction of sp³-hybridized carbons (Fsp3) is 0.615. The Hall–Kier alpha value is -2.05. The Labute approximate surface area is 118 Å². The van der Waals surface area contributed by atoms with E-state index in [2.05, 4.69) is 15.7 Å². The summed E-state index contributed by atoms with van der Waals surface area (Å²) in [4.78, 5) is 22.5. The number of carboxylic acids is 1. The van der Waals surface area contributed by atoms with E-state index in [-0.39, 0.29) is 0 Å². The van der Waals surface area contributed by atoms with Gasteiger partial charge in [0.15, 0.2) is 0 Å². The zero-order valence-electron chi connectivity index (χ0n) is 11.7. The lowest BCUT2D eigenvalue weighted by Gasteiger charge is -2.14. The van der Waals surface area contributed by atoms with Crippen molar-refractivity contribution in [2.24, 2.45) is 0 Å². The molecule has 0 unspecified atom stereocenters. The molecule has 0 fully saturated rings. The molecule has 0 bridgehead atoms. The van der Waals surface area contributed by atoms with E-state index in [0.717, 1.165) is 19.3 Å². The number of nitrogens with one attached hydrogen (secondary N) is 2. The minimum atomic E-state index is -0.995. The average molecular weight is 282 g/mol. The molecule has 1 aromatic rings. The Kier molecular flexibility index (Phi) is 7.16. The molecule has 1 atom stereocenters. The number of aromatic nitrogens is 2. The van der Waals surface area contributed by atoms with Gasteiger partial charge in [-0.15, -0.1) is 0 Å². The van der Waals surface area contributed by atoms with Crippen molar-refractivity contribution in [3.8, 4) is 0 Å². The molecule has 1 aromatic heterocycles. The molecule has 0 spiro atoms. The quantitative estimate of drug-likeness (QED) is 0.593. The van der Waals surface area contributed by atoms with Crippen LogP contribution < -0.4 is 10.6 Å². The molecule has 7 nitrogen and oxygen atoms in total. The molecule has 0 aliphatic heterocycles. The van der Waals surface area contributed by atoms with Crippen LogP contribution in [0.25, 0.3) is 0 Å². The number of aryl methyl sites for hydroxylation is 1. The minimum Gasteiger partial charge on any atom is -0.480 e. The number of hydrogen-bond acceptors (Lipinski definition) is 3. The monoisotopic (exact) mass is 282 g/mol. The fourth-order valence-electron chi connectivity index (χ4n) is 1.75. The van der Waals surface area contributed by atoms with Crippen molar-refractivity contribution >= 4 is 12.0 Å². The molecule has 0 aliphatic rings. The Bertz CT molecular complexity index is 406. The summed E-state index contributed by atoms with van der Waals surface area (Å²) < 4.78 is 1.78. The van der Waals surface area contributed by atoms with Crippen molar-refractivity contribution in [2.75, 3.05) is 6.54 Å². The van der Waals surface area contributed by atoms with Crippen LogP contribution in [0, 0.1) is 0 Å². The minimum absolute atomic E-state index is 0.436. The predicted molar refractivity (Wildman–Crippen MR) is 74.3 cm³/mol. The molecule has 1 heterocycles. The first-order chi connectivity index (χ1) is 9.63. The average Bonchev–Trinajstić information content (AvgIpc) is 2.92. The smallest absolute Gasteiger partial charge is 0.326 e. The van der Waals surface area contributed by atoms with Gasteiger partial charge in [-0.2, -0.15) is 5.10 Å². The summed E-state index contributed by atoms with van der Waals surface area (Å²) in [5, 5.41) is 18.2. The number of carbonyl (C=O) groups is 2. The lowest BCUT2D eigenvalue weighted by atomic mass is 10.1. The molecular weight excluding hydrogens is 260 g/mol. The van der Waals surface area contributed by atoms with E-state index in [0.29, 0.717) is 19.5 Å². The molecule has 7 heteroatoms. The number of hydrogen-bond donors (Lipinski definition) is 3. The van der Waals surface area contributed by atoms with Crippen LogP contribution in [0.15, 0.2) is 18.5 Å². The van der Waals surface area contributed by atoms with E-state index in [1.54, 1.807) is 10.9 Å². The van der Waals surface area contributed by atoms with Gasteiger partial charge in [0.1, 0.15) is 6.04 Å². The zero-order valence-corrected chi connectivity index (χ0v) is 11.7. The highest BCUT2D eigenvalue weighted by atomic mass is 16.4. The standard InChI is InChI=1S/C13H22N4O3/c1-2-3-6-11(12(18)19)16-13(20)14-7-4-9-17-10-5-8-15-17/h5,8,10-11H,2-4,6-7,9H2,1H3,(H,18,19)(H2,14,16,20)/t11-/m0/s1. The van der Waals surface area contributed by atoms with Gasteiger partial charge in [0.2, 0.25) is 0 Å². The van der Waals surface area contributed by atoms with Crippen LogP contribution in [0.5, 0.6) is 0 Å². The normalized spacial score (nSPS) is 11.8. The van der Waals surface area contributed by atoms with Gasteiger partial charge < -0.3 is 15.7 Å². The van der Waals surface area contributed by atoms with Crippen molar-refractivity contribution in [1.82, 2.24) is 20.4 Å². The van der Waals surface area contributed by atoms with Crippen LogP contribution >= 0.6 is 0 Å². The van der Waals surface area contributed by atoms with Crippen LogP contribution in [0.3, 0.4) is 0 Å². The number of carboxylic acid groups (broad SMARTS) is 1. The molecule has 1 rings (SSSR count). The van der Waals surface area contributed by atoms with Crippen LogP contribution in [-0.4, -0.2) is 39.5 Å². The largest absolute Gasteiger partial charge is 0.480 e. The number of rotatable bonds is 9. The third-order valence-corrected chi connectivity index (χ3v) is 2.86. The van der Waals surface area contributed by atoms with Gasteiger partial charge in [0.25, 0.3) is 0 Å². The maximum atomic E-state index is 11.6. The Morgan fingerprint density at radius 2 is 2.20 bits per heavy atom. The van der Waals surface area contributed by atoms with E-state index < -0.39 is 18.0 Å².